The number of fused-ring (bicyclic) bond motifs is 1. The second kappa shape index (κ2) is 10.1. The Labute approximate surface area is 206 Å². The van der Waals surface area contributed by atoms with Crippen molar-refractivity contribution >= 4 is 44.6 Å². The van der Waals surface area contributed by atoms with Gasteiger partial charge in [-0.1, -0.05) is 48.0 Å². The van der Waals surface area contributed by atoms with E-state index in [4.69, 9.17) is 4.74 Å². The van der Waals surface area contributed by atoms with E-state index in [2.05, 4.69) is 64.7 Å². The Morgan fingerprint density at radius 3 is 2.55 bits per heavy atom. The molecule has 0 saturated heterocycles. The average molecular weight is 524 g/mol. The molecule has 1 heterocycles. The number of aromatic hydroxyl groups is 1. The number of nitrogens with zero attached hydrogens (tertiary/aromatic N) is 1. The maximum absolute atomic E-state index is 13.1. The van der Waals surface area contributed by atoms with Gasteiger partial charge in [0.05, 0.1) is 22.2 Å². The number of aromatic nitrogens is 1. The predicted octanol–water partition coefficient (Wildman–Crippen LogP) is 7.24. The van der Waals surface area contributed by atoms with E-state index in [0.29, 0.717) is 27.7 Å². The van der Waals surface area contributed by atoms with E-state index in [1.807, 2.05) is 24.3 Å². The van der Waals surface area contributed by atoms with Crippen LogP contribution in [0.5, 0.6) is 5.75 Å². The van der Waals surface area contributed by atoms with Crippen LogP contribution in [0.25, 0.3) is 10.9 Å². The van der Waals surface area contributed by atoms with E-state index in [1.54, 1.807) is 24.8 Å². The summed E-state index contributed by atoms with van der Waals surface area (Å²) in [6.07, 6.45) is 0. The number of carbonyl (C=O) groups excluding carboxylic acids is 1. The largest absolute Gasteiger partial charge is 0.507 e. The predicted molar refractivity (Wildman–Crippen MR) is 138 cm³/mol. The van der Waals surface area contributed by atoms with Crippen LogP contribution >= 0.6 is 27.7 Å². The molecule has 0 spiro atoms. The summed E-state index contributed by atoms with van der Waals surface area (Å²) in [5.41, 5.74) is 5.85. The van der Waals surface area contributed by atoms with E-state index >= 15 is 0 Å². The summed E-state index contributed by atoms with van der Waals surface area (Å²) in [6.45, 7) is 6.89. The first-order chi connectivity index (χ1) is 15.9. The smallest absolute Gasteiger partial charge is 0.340 e. The maximum Gasteiger partial charge on any atom is 0.340 e. The molecular formula is C27H26BrNO3S. The van der Waals surface area contributed by atoms with Crippen LogP contribution in [0.15, 0.2) is 70.0 Å². The first-order valence-corrected chi connectivity index (χ1v) is 12.6. The van der Waals surface area contributed by atoms with Gasteiger partial charge in [0.25, 0.3) is 0 Å². The van der Waals surface area contributed by atoms with Crippen molar-refractivity contribution in [2.75, 3.05) is 6.61 Å². The summed E-state index contributed by atoms with van der Waals surface area (Å²) in [7, 11) is 0. The van der Waals surface area contributed by atoms with Gasteiger partial charge in [0, 0.05) is 28.3 Å². The van der Waals surface area contributed by atoms with Crippen molar-refractivity contribution in [2.24, 2.45) is 0 Å². The summed E-state index contributed by atoms with van der Waals surface area (Å²) in [4.78, 5) is 14.3. The van der Waals surface area contributed by atoms with E-state index in [0.717, 1.165) is 16.8 Å². The Morgan fingerprint density at radius 1 is 1.09 bits per heavy atom. The quantitative estimate of drug-likeness (QED) is 0.205. The zero-order valence-corrected chi connectivity index (χ0v) is 21.3. The molecule has 0 atom stereocenters. The van der Waals surface area contributed by atoms with Crippen molar-refractivity contribution in [3.05, 3.63) is 93.1 Å². The molecule has 0 aliphatic rings. The lowest BCUT2D eigenvalue weighted by atomic mass is 10.1. The summed E-state index contributed by atoms with van der Waals surface area (Å²) < 4.78 is 8.20. The van der Waals surface area contributed by atoms with Crippen molar-refractivity contribution in [1.82, 2.24) is 4.57 Å². The van der Waals surface area contributed by atoms with E-state index in [9.17, 15) is 9.90 Å². The first-order valence-electron chi connectivity index (χ1n) is 10.8. The number of benzene rings is 3. The topological polar surface area (TPSA) is 51.5 Å². The number of carbonyl (C=O) groups is 1. The molecule has 4 nitrogen and oxygen atoms in total. The lowest BCUT2D eigenvalue weighted by Gasteiger charge is -2.14. The van der Waals surface area contributed by atoms with Crippen molar-refractivity contribution < 1.29 is 14.6 Å². The molecule has 1 N–H and O–H groups in total. The van der Waals surface area contributed by atoms with Crippen molar-refractivity contribution in [2.45, 2.75) is 38.0 Å². The van der Waals surface area contributed by atoms with E-state index in [1.165, 1.54) is 16.0 Å². The molecule has 0 unspecified atom stereocenters. The highest BCUT2D eigenvalue weighted by Gasteiger charge is 2.25. The summed E-state index contributed by atoms with van der Waals surface area (Å²) in [5.74, 6) is 0.323. The monoisotopic (exact) mass is 523 g/mol. The van der Waals surface area contributed by atoms with Crippen LogP contribution in [-0.2, 0) is 17.0 Å². The third-order valence-electron chi connectivity index (χ3n) is 5.60. The highest BCUT2D eigenvalue weighted by Crippen LogP contribution is 2.38. The van der Waals surface area contributed by atoms with Crippen molar-refractivity contribution in [3.8, 4) is 5.75 Å². The zero-order valence-electron chi connectivity index (χ0n) is 18.9. The number of hydrogen-bond donors (Lipinski definition) is 1. The van der Waals surface area contributed by atoms with Gasteiger partial charge in [0.15, 0.2) is 0 Å². The standard InChI is InChI=1S/C27H26BrNO3S/c1-4-32-27(31)26-20-13-24(30)21(28)14-22(20)29(15-19-8-6-5-7-9-19)23(26)16-33-25-11-10-17(2)12-18(25)3/h5-14,30H,4,15-16H2,1-3H3. The van der Waals surface area contributed by atoms with Gasteiger partial charge in [-0.15, -0.1) is 11.8 Å². The molecule has 0 bridgehead atoms. The van der Waals surface area contributed by atoms with Crippen LogP contribution < -0.4 is 0 Å². The minimum atomic E-state index is -0.368. The van der Waals surface area contributed by atoms with Crippen LogP contribution in [0.2, 0.25) is 0 Å². The molecule has 3 aromatic carbocycles. The molecule has 0 amide bonds. The molecule has 0 aliphatic heterocycles. The lowest BCUT2D eigenvalue weighted by Crippen LogP contribution is -2.10. The molecule has 6 heteroatoms. The molecule has 0 fully saturated rings. The zero-order chi connectivity index (χ0) is 23.5. The fourth-order valence-electron chi connectivity index (χ4n) is 4.05. The first kappa shape index (κ1) is 23.5. The Hall–Kier alpha value is -2.70. The second-order valence-corrected chi connectivity index (χ2v) is 9.86. The summed E-state index contributed by atoms with van der Waals surface area (Å²) in [5, 5.41) is 11.1. The number of hydrogen-bond acceptors (Lipinski definition) is 4. The molecule has 1 aromatic heterocycles. The van der Waals surface area contributed by atoms with Gasteiger partial charge in [0.2, 0.25) is 0 Å². The van der Waals surface area contributed by atoms with Crippen molar-refractivity contribution in [3.63, 3.8) is 0 Å². The van der Waals surface area contributed by atoms with Crippen LogP contribution in [0, 0.1) is 13.8 Å². The number of ether oxygens (including phenoxy) is 1. The molecule has 33 heavy (non-hydrogen) atoms. The van der Waals surface area contributed by atoms with E-state index in [-0.39, 0.29) is 18.3 Å². The molecule has 170 valence electrons. The van der Waals surface area contributed by atoms with Crippen LogP contribution in [0.3, 0.4) is 0 Å². The summed E-state index contributed by atoms with van der Waals surface area (Å²) >= 11 is 5.15. The Morgan fingerprint density at radius 2 is 1.85 bits per heavy atom. The number of phenols is 1. The Kier molecular flexibility index (Phi) is 7.15. The summed E-state index contributed by atoms with van der Waals surface area (Å²) in [6, 6.07) is 20.1. The molecule has 4 rings (SSSR count). The molecule has 4 aromatic rings. The van der Waals surface area contributed by atoms with Crippen LogP contribution in [0.4, 0.5) is 0 Å². The van der Waals surface area contributed by atoms with Gasteiger partial charge in [0.1, 0.15) is 5.75 Å². The number of halogens is 1. The minimum Gasteiger partial charge on any atom is -0.507 e. The van der Waals surface area contributed by atoms with Crippen molar-refractivity contribution in [1.29, 1.82) is 0 Å². The maximum atomic E-state index is 13.1. The van der Waals surface area contributed by atoms with Gasteiger partial charge >= 0.3 is 5.97 Å². The highest BCUT2D eigenvalue weighted by molar-refractivity contribution is 9.10. The van der Waals surface area contributed by atoms with Gasteiger partial charge in [-0.05, 0) is 66.0 Å². The number of phenolic OH excluding ortho intramolecular Hbond substituents is 1. The lowest BCUT2D eigenvalue weighted by molar-refractivity contribution is 0.0527. The van der Waals surface area contributed by atoms with Crippen LogP contribution in [-0.4, -0.2) is 22.2 Å². The average Bonchev–Trinajstić information content (AvgIpc) is 3.06. The number of thioether (sulfide) groups is 1. The third kappa shape index (κ3) is 4.97. The second-order valence-electron chi connectivity index (χ2n) is 7.99. The number of aryl methyl sites for hydroxylation is 2. The highest BCUT2D eigenvalue weighted by atomic mass is 79.9. The third-order valence-corrected chi connectivity index (χ3v) is 7.42. The van der Waals surface area contributed by atoms with Gasteiger partial charge in [-0.2, -0.15) is 0 Å². The Bertz CT molecular complexity index is 1310. The molecular weight excluding hydrogens is 498 g/mol. The van der Waals surface area contributed by atoms with Gasteiger partial charge in [-0.25, -0.2) is 4.79 Å². The molecule has 0 aliphatic carbocycles. The Balaban J connectivity index is 1.89. The fourth-order valence-corrected chi connectivity index (χ4v) is 5.42. The number of rotatable bonds is 7. The van der Waals surface area contributed by atoms with Crippen LogP contribution in [0.1, 0.15) is 39.7 Å². The fraction of sp³-hybridized carbons (Fsp3) is 0.222. The van der Waals surface area contributed by atoms with Gasteiger partial charge in [-0.3, -0.25) is 0 Å². The molecule has 0 radical (unpaired) electrons. The SMILES string of the molecule is CCOC(=O)c1c(CSc2ccc(C)cc2C)n(Cc2ccccc2)c2cc(Br)c(O)cc12. The normalized spacial score (nSPS) is 11.2. The molecule has 0 saturated carbocycles. The minimum absolute atomic E-state index is 0.0958. The van der Waals surface area contributed by atoms with Gasteiger partial charge < -0.3 is 14.4 Å². The van der Waals surface area contributed by atoms with E-state index < -0.39 is 0 Å². The number of esters is 1.